The van der Waals surface area contributed by atoms with Gasteiger partial charge in [0.1, 0.15) is 142 Å². The molecule has 11 rings (SSSR count). The lowest BCUT2D eigenvalue weighted by atomic mass is 9.73. The molecule has 35 heteroatoms. The number of carbonyl (C=O) groups is 3. The maximum Gasteiger partial charge on any atom is 0.309 e. The van der Waals surface area contributed by atoms with Crippen molar-refractivity contribution in [1.29, 1.82) is 0 Å². The van der Waals surface area contributed by atoms with Crippen LogP contribution in [0.2, 0.25) is 0 Å². The van der Waals surface area contributed by atoms with Crippen LogP contribution >= 0.6 is 0 Å². The first-order valence-electron chi connectivity index (χ1n) is 36.1. The molecule has 6 unspecified atom stereocenters. The zero-order valence-electron chi connectivity index (χ0n) is 56.3. The predicted molar refractivity (Wildman–Crippen MR) is 330 cm³/mol. The summed E-state index contributed by atoms with van der Waals surface area (Å²) >= 11 is 0. The number of aliphatic hydroxyl groups excluding tert-OH is 18. The van der Waals surface area contributed by atoms with Gasteiger partial charge in [-0.2, -0.15) is 0 Å². The quantitative estimate of drug-likeness (QED) is 0.0288. The number of aliphatic hydroxyl groups is 20. The van der Waals surface area contributed by atoms with E-state index in [1.807, 2.05) is 0 Å². The average molecular weight is 1460 g/mol. The summed E-state index contributed by atoms with van der Waals surface area (Å²) in [5.41, 5.74) is 0. The second kappa shape index (κ2) is 35.1. The first kappa shape index (κ1) is 79.3. The first-order chi connectivity index (χ1) is 48.1. The summed E-state index contributed by atoms with van der Waals surface area (Å²) in [6.45, 7) is -0.558. The molecule has 580 valence electrons. The van der Waals surface area contributed by atoms with E-state index < -0.39 is 276 Å². The number of hydrogen-bond donors (Lipinski definition) is 18. The van der Waals surface area contributed by atoms with Crippen LogP contribution in [0.25, 0.3) is 0 Å². The molecule has 0 amide bonds. The summed E-state index contributed by atoms with van der Waals surface area (Å²) in [5, 5.41) is 194. The molecule has 6 saturated heterocycles. The average Bonchev–Trinajstić information content (AvgIpc) is 0.770. The van der Waals surface area contributed by atoms with Crippen molar-refractivity contribution in [2.45, 2.75) is 337 Å². The Hall–Kier alpha value is -2.75. The third-order valence-electron chi connectivity index (χ3n) is 22.9. The molecule has 5 aliphatic carbocycles. The Morgan fingerprint density at radius 1 is 0.347 bits per heavy atom. The van der Waals surface area contributed by atoms with Crippen LogP contribution in [0.15, 0.2) is 0 Å². The van der Waals surface area contributed by atoms with Crippen molar-refractivity contribution in [2.24, 2.45) is 29.6 Å². The van der Waals surface area contributed by atoms with Crippen LogP contribution in [-0.2, 0) is 76.0 Å². The number of ether oxygens (including phenoxy) is 14. The highest BCUT2D eigenvalue weighted by Gasteiger charge is 2.57. The van der Waals surface area contributed by atoms with Crippen LogP contribution in [0, 0.1) is 29.6 Å². The van der Waals surface area contributed by atoms with Crippen LogP contribution in [0.1, 0.15) is 129 Å². The van der Waals surface area contributed by atoms with E-state index in [0.717, 1.165) is 0 Å². The Morgan fingerprint density at radius 3 is 1.11 bits per heavy atom. The van der Waals surface area contributed by atoms with Gasteiger partial charge in [0.2, 0.25) is 0 Å². The van der Waals surface area contributed by atoms with Gasteiger partial charge in [0.05, 0.1) is 73.0 Å². The van der Waals surface area contributed by atoms with Gasteiger partial charge in [-0.3, -0.25) is 14.4 Å². The number of carbonyl (C=O) groups excluding carboxylic acids is 3. The van der Waals surface area contributed by atoms with E-state index in [0.29, 0.717) is 64.2 Å². The van der Waals surface area contributed by atoms with Crippen molar-refractivity contribution in [1.82, 2.24) is 0 Å². The zero-order valence-corrected chi connectivity index (χ0v) is 56.3. The number of fused-ring (bicyclic) bond motifs is 1. The highest BCUT2D eigenvalue weighted by Crippen LogP contribution is 2.44. The van der Waals surface area contributed by atoms with Gasteiger partial charge >= 0.3 is 17.9 Å². The highest BCUT2D eigenvalue weighted by atomic mass is 16.8. The lowest BCUT2D eigenvalue weighted by Gasteiger charge is -2.49. The minimum atomic E-state index is -1.83. The Bertz CT molecular complexity index is 2600. The van der Waals surface area contributed by atoms with E-state index in [9.17, 15) is 106 Å². The smallest absolute Gasteiger partial charge is 0.309 e. The fourth-order valence-electron chi connectivity index (χ4n) is 16.3. The second-order valence-electron chi connectivity index (χ2n) is 29.8. The molecule has 6 heterocycles. The highest BCUT2D eigenvalue weighted by molar-refractivity contribution is 5.73. The molecule has 35 nitrogen and oxygen atoms in total. The summed E-state index contributed by atoms with van der Waals surface area (Å²) < 4.78 is 81.4. The Morgan fingerprint density at radius 2 is 0.693 bits per heavy atom. The standard InChI is InChI=1S/C66H106O35/c1-25-43(70)48(75)53(80)62(92-25)91-24-42-47(74)52(79)57(84)66(101-42)97-38-20-35-36(69)18-34(19-37(35)96-58(38)26-2-10-30(67)11-3-26)95-65-56(83)51(78)46(73)41(100-65)23-90-61(87)29-8-16-33(17-9-29)94-64-55(82)50(77)45(72)40(99-64)22-89-60(86)28-6-14-32(15-7-28)93-63-54(81)49(76)44(71)39(98-63)21-88-59(85)27-4-12-31(68)13-5-27/h25-58,62-84H,2-24H2,1H3/p+1/t25-,26?,27?,28?,29?,30?,31?,32?,33?,34?,35?,36?,37?,38?,39+,40+,41+,42+,43-,44+,45+,46+,47+,48+,49-,50-,51-,52-,53+,54+,55+,56+,57+,58?,62+,63+,64+,65+,66+/m0/s1. The van der Waals surface area contributed by atoms with Crippen molar-refractivity contribution >= 4 is 17.9 Å². The van der Waals surface area contributed by atoms with Crippen molar-refractivity contribution in [3.05, 3.63) is 0 Å². The molecule has 6 aliphatic heterocycles. The summed E-state index contributed by atoms with van der Waals surface area (Å²) in [6.07, 6.45) is -39.1. The van der Waals surface area contributed by atoms with Crippen LogP contribution < -0.4 is 0 Å². The fourth-order valence-corrected chi connectivity index (χ4v) is 16.3. The monoisotopic (exact) mass is 1460 g/mol. The van der Waals surface area contributed by atoms with Crippen molar-refractivity contribution in [2.75, 3.05) is 26.4 Å². The minimum Gasteiger partial charge on any atom is -0.463 e. The van der Waals surface area contributed by atoms with E-state index in [1.54, 1.807) is 0 Å². The SMILES string of the molecule is C[C@@H]1O[C@@H](OC[C@H]2O[C@@H](OC3CC4C(O)CC(O[C@@H]5O[C@H](COC(=O)C6CCC(O[C@@H]7O[C@H](COC(=O)C8CCC(O[C@@H]9O[C@H](COC(=O)C%10CCC(O)CC%10)[C@@H](O)[C@H](O)[C@H]9O)CC8)[C@@H](O)[C@H](O)[C@H]7O)CC6)[C@@H](O)[C@H](O)[C@H]5O)CC4[OH+]C3C3CCC(O)CC3)[C@H](O)[C@@H](O)[C@@H]2O)[C@H](O)[C@H](O)[C@H]1O. The molecule has 0 aromatic rings. The zero-order chi connectivity index (χ0) is 72.4. The van der Waals surface area contributed by atoms with E-state index in [1.165, 1.54) is 6.92 Å². The van der Waals surface area contributed by atoms with Crippen molar-refractivity contribution in [3.8, 4) is 0 Å². The number of hydrogen-bond acceptors (Lipinski definition) is 34. The fraction of sp³-hybridized carbons (Fsp3) is 0.955. The van der Waals surface area contributed by atoms with Crippen LogP contribution in [0.5, 0.6) is 0 Å². The molecule has 0 aromatic heterocycles. The molecule has 31 atom stereocenters. The summed E-state index contributed by atoms with van der Waals surface area (Å²) in [6, 6.07) is 0. The summed E-state index contributed by atoms with van der Waals surface area (Å²) in [7, 11) is 0. The van der Waals surface area contributed by atoms with Gasteiger partial charge in [-0.25, -0.2) is 0 Å². The van der Waals surface area contributed by atoms with Gasteiger partial charge < -0.3 is 158 Å². The Kier molecular flexibility index (Phi) is 27.5. The van der Waals surface area contributed by atoms with E-state index in [4.69, 9.17) is 66.3 Å². The molecule has 101 heavy (non-hydrogen) atoms. The molecular weight excluding hydrogens is 1350 g/mol. The largest absolute Gasteiger partial charge is 0.463 e. The minimum absolute atomic E-state index is 0.0197. The van der Waals surface area contributed by atoms with E-state index >= 15 is 0 Å². The van der Waals surface area contributed by atoms with Gasteiger partial charge in [0, 0.05) is 18.8 Å². The van der Waals surface area contributed by atoms with Gasteiger partial charge in [-0.1, -0.05) is 0 Å². The maximum atomic E-state index is 13.6. The lowest BCUT2D eigenvalue weighted by Crippen LogP contribution is -2.64. The van der Waals surface area contributed by atoms with Crippen LogP contribution in [0.4, 0.5) is 0 Å². The topological polar surface area (TPSA) is 548 Å². The molecule has 0 spiro atoms. The normalized spacial score (nSPS) is 50.1. The van der Waals surface area contributed by atoms with Gasteiger partial charge in [0.15, 0.2) is 43.7 Å². The van der Waals surface area contributed by atoms with E-state index in [2.05, 4.69) is 0 Å². The number of esters is 3. The predicted octanol–water partition coefficient (Wildman–Crippen LogP) is -6.85. The van der Waals surface area contributed by atoms with Crippen LogP contribution in [-0.4, -0.2) is 349 Å². The van der Waals surface area contributed by atoms with Crippen molar-refractivity contribution in [3.63, 3.8) is 0 Å². The molecule has 11 aliphatic rings. The van der Waals surface area contributed by atoms with Gasteiger partial charge in [-0.05, 0) is 116 Å². The third kappa shape index (κ3) is 18.7. The molecular formula is C66H107O35+. The molecule has 0 radical (unpaired) electrons. The van der Waals surface area contributed by atoms with Crippen molar-refractivity contribution < 1.29 is 173 Å². The summed E-state index contributed by atoms with van der Waals surface area (Å²) in [4.78, 5) is 39.6. The lowest BCUT2D eigenvalue weighted by molar-refractivity contribution is -0.366. The number of rotatable bonds is 21. The Labute approximate surface area is 582 Å². The first-order valence-corrected chi connectivity index (χ1v) is 36.1. The van der Waals surface area contributed by atoms with Gasteiger partial charge in [-0.15, -0.1) is 0 Å². The Balaban J connectivity index is 0.609. The maximum absolute atomic E-state index is 13.6. The summed E-state index contributed by atoms with van der Waals surface area (Å²) in [5.74, 6) is -4.27. The van der Waals surface area contributed by atoms with Crippen LogP contribution in [0.3, 0.4) is 0 Å². The third-order valence-corrected chi connectivity index (χ3v) is 22.9. The van der Waals surface area contributed by atoms with E-state index in [-0.39, 0.29) is 63.7 Å². The molecule has 19 N–H and O–H groups in total. The molecule has 0 bridgehead atoms. The van der Waals surface area contributed by atoms with Gasteiger partial charge in [0.25, 0.3) is 0 Å². The second-order valence-corrected chi connectivity index (χ2v) is 29.8. The molecule has 11 fully saturated rings. The molecule has 0 aromatic carbocycles. The molecule has 5 saturated carbocycles.